The van der Waals surface area contributed by atoms with Crippen molar-refractivity contribution in [2.75, 3.05) is 26.3 Å². The van der Waals surface area contributed by atoms with Crippen LogP contribution in [0.4, 0.5) is 0 Å². The Hall–Kier alpha value is -1.10. The van der Waals surface area contributed by atoms with Gasteiger partial charge in [0.15, 0.2) is 0 Å². The van der Waals surface area contributed by atoms with E-state index in [0.717, 1.165) is 0 Å². The van der Waals surface area contributed by atoms with Gasteiger partial charge in [-0.1, -0.05) is 0 Å². The van der Waals surface area contributed by atoms with Gasteiger partial charge in [-0.05, 0) is 34.6 Å². The van der Waals surface area contributed by atoms with E-state index in [1.54, 1.807) is 4.90 Å². The molecule has 0 aromatic carbocycles. The molecule has 0 aromatic heterocycles. The first-order chi connectivity index (χ1) is 8.80. The number of ether oxygens (including phenoxy) is 2. The lowest BCUT2D eigenvalue weighted by Crippen LogP contribution is -2.34. The second-order valence-corrected chi connectivity index (χ2v) is 5.26. The van der Waals surface area contributed by atoms with Gasteiger partial charge in [-0.3, -0.25) is 9.59 Å². The summed E-state index contributed by atoms with van der Waals surface area (Å²) < 4.78 is 10.4. The number of esters is 1. The van der Waals surface area contributed by atoms with Crippen molar-refractivity contribution < 1.29 is 19.1 Å². The highest BCUT2D eigenvalue weighted by Gasteiger charge is 2.18. The Labute approximate surface area is 116 Å². The van der Waals surface area contributed by atoms with Crippen molar-refractivity contribution in [2.45, 2.75) is 53.1 Å². The summed E-state index contributed by atoms with van der Waals surface area (Å²) in [7, 11) is 0. The van der Waals surface area contributed by atoms with E-state index in [-0.39, 0.29) is 24.7 Å². The molecule has 0 heterocycles. The van der Waals surface area contributed by atoms with Crippen LogP contribution >= 0.6 is 0 Å². The molecule has 0 radical (unpaired) electrons. The minimum Gasteiger partial charge on any atom is -0.460 e. The van der Waals surface area contributed by atoms with Crippen LogP contribution in [-0.4, -0.2) is 48.7 Å². The molecule has 0 aliphatic heterocycles. The van der Waals surface area contributed by atoms with Gasteiger partial charge in [0, 0.05) is 26.1 Å². The molecule has 19 heavy (non-hydrogen) atoms. The van der Waals surface area contributed by atoms with E-state index in [4.69, 9.17) is 9.47 Å². The van der Waals surface area contributed by atoms with E-state index < -0.39 is 5.60 Å². The molecule has 1 amide bonds. The lowest BCUT2D eigenvalue weighted by Gasteiger charge is -2.22. The fraction of sp³-hybridized carbons (Fsp3) is 0.857. The maximum atomic E-state index is 11.9. The number of carbonyl (C=O) groups is 2. The van der Waals surface area contributed by atoms with Gasteiger partial charge >= 0.3 is 5.97 Å². The summed E-state index contributed by atoms with van der Waals surface area (Å²) in [5, 5.41) is 0. The molecule has 0 saturated carbocycles. The highest BCUT2D eigenvalue weighted by molar-refractivity contribution is 5.81. The predicted octanol–water partition coefficient (Wildman–Crippen LogP) is 1.99. The Morgan fingerprint density at radius 1 is 1.11 bits per heavy atom. The van der Waals surface area contributed by atoms with Crippen LogP contribution in [0.1, 0.15) is 47.5 Å². The number of nitrogens with zero attached hydrogens (tertiary/aromatic N) is 1. The summed E-state index contributed by atoms with van der Waals surface area (Å²) in [4.78, 5) is 25.1. The van der Waals surface area contributed by atoms with Crippen molar-refractivity contribution in [1.29, 1.82) is 0 Å². The molecule has 0 N–H and O–H groups in total. The SMILES string of the molecule is CCOCCN(CC)C(=O)CCC(=O)OC(C)(C)C. The van der Waals surface area contributed by atoms with E-state index in [9.17, 15) is 9.59 Å². The van der Waals surface area contributed by atoms with E-state index in [2.05, 4.69) is 0 Å². The Morgan fingerprint density at radius 3 is 2.21 bits per heavy atom. The molecule has 0 aromatic rings. The standard InChI is InChI=1S/C14H27NO4/c1-6-15(10-11-18-7-2)12(16)8-9-13(17)19-14(3,4)5/h6-11H2,1-5H3. The first kappa shape index (κ1) is 17.9. The summed E-state index contributed by atoms with van der Waals surface area (Å²) in [6, 6.07) is 0. The first-order valence-electron chi connectivity index (χ1n) is 6.87. The molecule has 0 rings (SSSR count). The van der Waals surface area contributed by atoms with Gasteiger partial charge in [-0.15, -0.1) is 0 Å². The average molecular weight is 273 g/mol. The van der Waals surface area contributed by atoms with Crippen LogP contribution in [-0.2, 0) is 19.1 Å². The highest BCUT2D eigenvalue weighted by atomic mass is 16.6. The summed E-state index contributed by atoms with van der Waals surface area (Å²) in [6.45, 7) is 11.6. The van der Waals surface area contributed by atoms with Gasteiger partial charge in [-0.25, -0.2) is 0 Å². The number of likely N-dealkylation sites (N-methyl/N-ethyl adjacent to an activating group) is 1. The van der Waals surface area contributed by atoms with Crippen molar-refractivity contribution in [3.8, 4) is 0 Å². The molecule has 0 bridgehead atoms. The lowest BCUT2D eigenvalue weighted by molar-refractivity contribution is -0.156. The fourth-order valence-electron chi connectivity index (χ4n) is 1.54. The normalized spacial score (nSPS) is 11.2. The van der Waals surface area contributed by atoms with Crippen LogP contribution in [0.15, 0.2) is 0 Å². The van der Waals surface area contributed by atoms with Crippen LogP contribution in [0, 0.1) is 0 Å². The summed E-state index contributed by atoms with van der Waals surface area (Å²) >= 11 is 0. The lowest BCUT2D eigenvalue weighted by atomic mass is 10.2. The number of hydrogen-bond acceptors (Lipinski definition) is 4. The molecule has 0 saturated heterocycles. The van der Waals surface area contributed by atoms with E-state index >= 15 is 0 Å². The van der Waals surface area contributed by atoms with Crippen molar-refractivity contribution in [3.63, 3.8) is 0 Å². The number of rotatable bonds is 8. The van der Waals surface area contributed by atoms with Crippen molar-refractivity contribution in [3.05, 3.63) is 0 Å². The zero-order chi connectivity index (χ0) is 14.9. The Balaban J connectivity index is 4.02. The van der Waals surface area contributed by atoms with Crippen molar-refractivity contribution in [2.24, 2.45) is 0 Å². The van der Waals surface area contributed by atoms with Gasteiger partial charge in [0.05, 0.1) is 13.0 Å². The number of hydrogen-bond donors (Lipinski definition) is 0. The van der Waals surface area contributed by atoms with Crippen LogP contribution in [0.3, 0.4) is 0 Å². The smallest absolute Gasteiger partial charge is 0.306 e. The third kappa shape index (κ3) is 9.47. The topological polar surface area (TPSA) is 55.8 Å². The molecule has 112 valence electrons. The second kappa shape index (κ2) is 8.91. The molecule has 0 unspecified atom stereocenters. The van der Waals surface area contributed by atoms with E-state index in [1.165, 1.54) is 0 Å². The van der Waals surface area contributed by atoms with Gasteiger partial charge in [0.25, 0.3) is 0 Å². The second-order valence-electron chi connectivity index (χ2n) is 5.26. The molecule has 0 aliphatic carbocycles. The first-order valence-corrected chi connectivity index (χ1v) is 6.87. The van der Waals surface area contributed by atoms with E-state index in [1.807, 2.05) is 34.6 Å². The molecule has 0 aliphatic rings. The van der Waals surface area contributed by atoms with Crippen molar-refractivity contribution >= 4 is 11.9 Å². The van der Waals surface area contributed by atoms with Crippen LogP contribution in [0.2, 0.25) is 0 Å². The third-order valence-electron chi connectivity index (χ3n) is 2.41. The van der Waals surface area contributed by atoms with Gasteiger partial charge in [0.2, 0.25) is 5.91 Å². The zero-order valence-corrected chi connectivity index (χ0v) is 12.8. The molecular formula is C14H27NO4. The van der Waals surface area contributed by atoms with Gasteiger partial charge < -0.3 is 14.4 Å². The molecule has 5 nitrogen and oxygen atoms in total. The quantitative estimate of drug-likeness (QED) is 0.501. The van der Waals surface area contributed by atoms with Crippen LogP contribution < -0.4 is 0 Å². The Morgan fingerprint density at radius 2 is 1.74 bits per heavy atom. The molecule has 0 fully saturated rings. The molecule has 5 heteroatoms. The Kier molecular flexibility index (Phi) is 8.39. The predicted molar refractivity (Wildman–Crippen MR) is 73.8 cm³/mol. The zero-order valence-electron chi connectivity index (χ0n) is 12.8. The number of carbonyl (C=O) groups excluding carboxylic acids is 2. The highest BCUT2D eigenvalue weighted by Crippen LogP contribution is 2.09. The van der Waals surface area contributed by atoms with Crippen LogP contribution in [0.25, 0.3) is 0 Å². The van der Waals surface area contributed by atoms with Crippen molar-refractivity contribution in [1.82, 2.24) is 4.90 Å². The van der Waals surface area contributed by atoms with Gasteiger partial charge in [-0.2, -0.15) is 0 Å². The minimum absolute atomic E-state index is 0.0342. The minimum atomic E-state index is -0.500. The van der Waals surface area contributed by atoms with Gasteiger partial charge in [0.1, 0.15) is 5.60 Å². The summed E-state index contributed by atoms with van der Waals surface area (Å²) in [5.74, 6) is -0.366. The largest absolute Gasteiger partial charge is 0.460 e. The molecule has 0 spiro atoms. The summed E-state index contributed by atoms with van der Waals surface area (Å²) in [5.41, 5.74) is -0.500. The Bertz CT molecular complexity index is 284. The molecule has 0 atom stereocenters. The number of amides is 1. The maximum absolute atomic E-state index is 11.9. The van der Waals surface area contributed by atoms with E-state index in [0.29, 0.717) is 26.3 Å². The maximum Gasteiger partial charge on any atom is 0.306 e. The average Bonchev–Trinajstić information content (AvgIpc) is 2.29. The monoisotopic (exact) mass is 273 g/mol. The fourth-order valence-corrected chi connectivity index (χ4v) is 1.54. The molecular weight excluding hydrogens is 246 g/mol. The third-order valence-corrected chi connectivity index (χ3v) is 2.41. The summed E-state index contributed by atoms with van der Waals surface area (Å²) in [6.07, 6.45) is 0.316. The van der Waals surface area contributed by atoms with Crippen LogP contribution in [0.5, 0.6) is 0 Å².